The minimum Gasteiger partial charge on any atom is -0.300 e. The van der Waals surface area contributed by atoms with Crippen LogP contribution in [-0.4, -0.2) is 24.0 Å². The van der Waals surface area contributed by atoms with E-state index in [1.165, 1.54) is 58.0 Å². The first kappa shape index (κ1) is 12.4. The molecule has 1 saturated carbocycles. The number of piperidine rings is 1. The summed E-state index contributed by atoms with van der Waals surface area (Å²) in [6.07, 6.45) is 10.2. The highest BCUT2D eigenvalue weighted by atomic mass is 15.2. The number of hydrogen-bond donors (Lipinski definition) is 0. The van der Waals surface area contributed by atoms with E-state index in [4.69, 9.17) is 0 Å². The van der Waals surface area contributed by atoms with Gasteiger partial charge < -0.3 is 4.90 Å². The molecule has 1 saturated heterocycles. The van der Waals surface area contributed by atoms with Gasteiger partial charge in [0, 0.05) is 6.04 Å². The molecular formula is C15H29N. The molecule has 0 bridgehead atoms. The van der Waals surface area contributed by atoms with Crippen molar-refractivity contribution in [3.05, 3.63) is 0 Å². The standard InChI is InChI=1S/C15H29N/c1-15(2,3)13-9-5-6-10-14(13)16-11-7-4-8-12-16/h13-14H,4-12H2,1-3H3. The lowest BCUT2D eigenvalue weighted by atomic mass is 9.69. The maximum Gasteiger partial charge on any atom is 0.0128 e. The minimum absolute atomic E-state index is 0.503. The van der Waals surface area contributed by atoms with Crippen LogP contribution in [0.4, 0.5) is 0 Å². The van der Waals surface area contributed by atoms with Crippen LogP contribution in [0, 0.1) is 11.3 Å². The fourth-order valence-corrected chi connectivity index (χ4v) is 3.81. The minimum atomic E-state index is 0.503. The van der Waals surface area contributed by atoms with E-state index in [1.807, 2.05) is 0 Å². The van der Waals surface area contributed by atoms with Crippen molar-refractivity contribution in [1.29, 1.82) is 0 Å². The van der Waals surface area contributed by atoms with Crippen molar-refractivity contribution in [3.8, 4) is 0 Å². The Labute approximate surface area is 102 Å². The summed E-state index contributed by atoms with van der Waals surface area (Å²) in [5.74, 6) is 0.930. The van der Waals surface area contributed by atoms with Crippen LogP contribution in [-0.2, 0) is 0 Å². The molecule has 1 aliphatic carbocycles. The van der Waals surface area contributed by atoms with Gasteiger partial charge in [0.1, 0.15) is 0 Å². The van der Waals surface area contributed by atoms with Gasteiger partial charge in [0.05, 0.1) is 0 Å². The van der Waals surface area contributed by atoms with Crippen molar-refractivity contribution in [2.24, 2.45) is 11.3 Å². The lowest BCUT2D eigenvalue weighted by Crippen LogP contribution is -2.48. The molecule has 94 valence electrons. The van der Waals surface area contributed by atoms with Gasteiger partial charge in [-0.3, -0.25) is 0 Å². The summed E-state index contributed by atoms with van der Waals surface area (Å²) in [6.45, 7) is 10.1. The van der Waals surface area contributed by atoms with Crippen LogP contribution in [0.25, 0.3) is 0 Å². The van der Waals surface area contributed by atoms with Crippen molar-refractivity contribution >= 4 is 0 Å². The van der Waals surface area contributed by atoms with Crippen molar-refractivity contribution in [3.63, 3.8) is 0 Å². The van der Waals surface area contributed by atoms with Crippen molar-refractivity contribution in [2.75, 3.05) is 13.1 Å². The predicted octanol–water partition coefficient (Wildman–Crippen LogP) is 4.08. The number of likely N-dealkylation sites (tertiary alicyclic amines) is 1. The third kappa shape index (κ3) is 2.80. The molecule has 1 heteroatoms. The first-order chi connectivity index (χ1) is 7.59. The second-order valence-corrected chi connectivity index (χ2v) is 6.92. The molecule has 2 unspecified atom stereocenters. The van der Waals surface area contributed by atoms with Crippen LogP contribution < -0.4 is 0 Å². The van der Waals surface area contributed by atoms with E-state index in [-0.39, 0.29) is 0 Å². The molecule has 0 spiro atoms. The smallest absolute Gasteiger partial charge is 0.0128 e. The van der Waals surface area contributed by atoms with E-state index in [9.17, 15) is 0 Å². The monoisotopic (exact) mass is 223 g/mol. The normalized spacial score (nSPS) is 33.9. The molecule has 0 N–H and O–H groups in total. The number of hydrogen-bond acceptors (Lipinski definition) is 1. The highest BCUT2D eigenvalue weighted by Crippen LogP contribution is 2.40. The van der Waals surface area contributed by atoms with E-state index in [1.54, 1.807) is 0 Å². The van der Waals surface area contributed by atoms with E-state index in [0.717, 1.165) is 12.0 Å². The lowest BCUT2D eigenvalue weighted by Gasteiger charge is -2.47. The second kappa shape index (κ2) is 5.08. The van der Waals surface area contributed by atoms with Gasteiger partial charge in [-0.1, -0.05) is 40.0 Å². The maximum atomic E-state index is 2.82. The number of nitrogens with zero attached hydrogens (tertiary/aromatic N) is 1. The van der Waals surface area contributed by atoms with Gasteiger partial charge >= 0.3 is 0 Å². The Balaban J connectivity index is 2.03. The van der Waals surface area contributed by atoms with Crippen molar-refractivity contribution < 1.29 is 0 Å². The summed E-state index contributed by atoms with van der Waals surface area (Å²) in [5, 5.41) is 0. The largest absolute Gasteiger partial charge is 0.300 e. The Bertz CT molecular complexity index is 210. The van der Waals surface area contributed by atoms with Crippen LogP contribution in [0.2, 0.25) is 0 Å². The molecule has 2 atom stereocenters. The maximum absolute atomic E-state index is 2.82. The molecule has 16 heavy (non-hydrogen) atoms. The molecule has 0 radical (unpaired) electrons. The predicted molar refractivity (Wildman–Crippen MR) is 70.6 cm³/mol. The zero-order valence-electron chi connectivity index (χ0n) is 11.5. The van der Waals surface area contributed by atoms with Gasteiger partial charge in [-0.05, 0) is 50.1 Å². The SMILES string of the molecule is CC(C)(C)C1CCCCC1N1CCCCC1. The Morgan fingerprint density at radius 3 is 2.06 bits per heavy atom. The number of rotatable bonds is 1. The Morgan fingerprint density at radius 1 is 0.812 bits per heavy atom. The summed E-state index contributed by atoms with van der Waals surface area (Å²) in [4.78, 5) is 2.82. The molecule has 0 aromatic carbocycles. The summed E-state index contributed by atoms with van der Waals surface area (Å²) in [5.41, 5.74) is 0.503. The molecule has 0 aromatic rings. The molecule has 0 amide bonds. The van der Waals surface area contributed by atoms with Crippen LogP contribution in [0.3, 0.4) is 0 Å². The van der Waals surface area contributed by atoms with Crippen LogP contribution >= 0.6 is 0 Å². The Morgan fingerprint density at radius 2 is 1.44 bits per heavy atom. The van der Waals surface area contributed by atoms with Gasteiger partial charge in [-0.15, -0.1) is 0 Å². The molecule has 1 heterocycles. The van der Waals surface area contributed by atoms with Gasteiger partial charge in [0.25, 0.3) is 0 Å². The third-order valence-electron chi connectivity index (χ3n) is 4.70. The van der Waals surface area contributed by atoms with E-state index >= 15 is 0 Å². The van der Waals surface area contributed by atoms with Crippen molar-refractivity contribution in [1.82, 2.24) is 4.90 Å². The van der Waals surface area contributed by atoms with E-state index < -0.39 is 0 Å². The van der Waals surface area contributed by atoms with E-state index in [2.05, 4.69) is 25.7 Å². The summed E-state index contributed by atoms with van der Waals surface area (Å²) in [7, 11) is 0. The summed E-state index contributed by atoms with van der Waals surface area (Å²) < 4.78 is 0. The second-order valence-electron chi connectivity index (χ2n) is 6.92. The first-order valence-corrected chi connectivity index (χ1v) is 7.33. The lowest BCUT2D eigenvalue weighted by molar-refractivity contribution is 0.0306. The first-order valence-electron chi connectivity index (χ1n) is 7.33. The third-order valence-corrected chi connectivity index (χ3v) is 4.70. The molecular weight excluding hydrogens is 194 g/mol. The molecule has 2 aliphatic rings. The fourth-order valence-electron chi connectivity index (χ4n) is 3.81. The average molecular weight is 223 g/mol. The topological polar surface area (TPSA) is 3.24 Å². The molecule has 2 fully saturated rings. The highest BCUT2D eigenvalue weighted by molar-refractivity contribution is 4.90. The molecule has 1 nitrogen and oxygen atoms in total. The van der Waals surface area contributed by atoms with Crippen LogP contribution in [0.15, 0.2) is 0 Å². The van der Waals surface area contributed by atoms with Crippen LogP contribution in [0.1, 0.15) is 65.7 Å². The molecule has 1 aliphatic heterocycles. The van der Waals surface area contributed by atoms with Gasteiger partial charge in [-0.2, -0.15) is 0 Å². The molecule has 2 rings (SSSR count). The highest BCUT2D eigenvalue weighted by Gasteiger charge is 2.37. The Kier molecular flexibility index (Phi) is 3.94. The van der Waals surface area contributed by atoms with Gasteiger partial charge in [0.15, 0.2) is 0 Å². The van der Waals surface area contributed by atoms with Gasteiger partial charge in [0.2, 0.25) is 0 Å². The quantitative estimate of drug-likeness (QED) is 0.647. The van der Waals surface area contributed by atoms with Crippen molar-refractivity contribution in [2.45, 2.75) is 71.8 Å². The Hall–Kier alpha value is -0.0400. The zero-order chi connectivity index (χ0) is 11.6. The zero-order valence-corrected chi connectivity index (χ0v) is 11.5. The van der Waals surface area contributed by atoms with Crippen LogP contribution in [0.5, 0.6) is 0 Å². The average Bonchev–Trinajstić information content (AvgIpc) is 2.29. The summed E-state index contributed by atoms with van der Waals surface area (Å²) in [6, 6.07) is 0.897. The fraction of sp³-hybridized carbons (Fsp3) is 1.00. The van der Waals surface area contributed by atoms with Gasteiger partial charge in [-0.25, -0.2) is 0 Å². The van der Waals surface area contributed by atoms with E-state index in [0.29, 0.717) is 5.41 Å². The molecule has 0 aromatic heterocycles. The summed E-state index contributed by atoms with van der Waals surface area (Å²) >= 11 is 0.